The van der Waals surface area contributed by atoms with Gasteiger partial charge in [-0.05, 0) is 35.1 Å². The summed E-state index contributed by atoms with van der Waals surface area (Å²) in [7, 11) is -2.65. The zero-order chi connectivity index (χ0) is 50.3. The number of unbranched alkanes of at least 4 members (excludes halogenated alkanes) is 16. The molecule has 0 bridgehead atoms. The van der Waals surface area contributed by atoms with E-state index in [2.05, 4.69) is 41.1 Å². The van der Waals surface area contributed by atoms with E-state index in [4.69, 9.17) is 33.3 Å². The number of thioether (sulfide) groups is 1. The van der Waals surface area contributed by atoms with Crippen molar-refractivity contribution >= 4 is 44.0 Å². The molecule has 0 aliphatic heterocycles. The fraction of sp³-hybridized carbons (Fsp3) is 0.698. The van der Waals surface area contributed by atoms with Crippen LogP contribution < -0.4 is 10.6 Å². The lowest BCUT2D eigenvalue weighted by atomic mass is 9.98. The molecule has 1 aliphatic rings. The van der Waals surface area contributed by atoms with Gasteiger partial charge in [-0.1, -0.05) is 165 Å². The summed E-state index contributed by atoms with van der Waals surface area (Å²) in [5.41, 5.74) is 4.33. The van der Waals surface area contributed by atoms with Crippen LogP contribution in [-0.4, -0.2) is 118 Å². The molecule has 0 radical (unpaired) electrons. The standard InChI is InChI=1S/C53H83N2O13PS/c1-3-5-7-9-11-13-15-17-19-29-50(56)65-39-43(68-51(57)30-20-18-16-14-12-10-8-6-4-2)41-70-42-49(52(58)54-31-32-62-33-34-63-35-36-64-37-38-67-69(60)61)55-53(59)66-40-48-46-27-23-21-25-44(46)45-26-22-24-28-47(45)48/h21-28,43,48-49H,3-20,29-42H2,1-2H3,(H2-,54,55,58,59,60,61)/p+1/t43-,49+/m1/s1. The second-order valence-corrected chi connectivity index (χ2v) is 19.5. The number of hydrogen-bond acceptors (Lipinski definition) is 13. The first-order chi connectivity index (χ1) is 34.2. The zero-order valence-electron chi connectivity index (χ0n) is 42.2. The molecule has 3 rings (SSSR count). The molecular formula is C53H84N2O13PS+. The Morgan fingerprint density at radius 1 is 0.614 bits per heavy atom. The smallest absolute Gasteiger partial charge is 0.462 e. The van der Waals surface area contributed by atoms with E-state index in [9.17, 15) is 23.7 Å². The largest absolute Gasteiger partial charge is 0.694 e. The summed E-state index contributed by atoms with van der Waals surface area (Å²) in [6.45, 7) is 6.07. The molecule has 2 aromatic carbocycles. The lowest BCUT2D eigenvalue weighted by Gasteiger charge is -2.21. The van der Waals surface area contributed by atoms with Crippen LogP contribution in [0.2, 0.25) is 0 Å². The third-order valence-electron chi connectivity index (χ3n) is 12.0. The number of amides is 2. The Hall–Kier alpha value is -3.63. The van der Waals surface area contributed by atoms with Gasteiger partial charge in [0.1, 0.15) is 32.0 Å². The number of benzene rings is 2. The van der Waals surface area contributed by atoms with Gasteiger partial charge in [-0.3, -0.25) is 14.4 Å². The maximum atomic E-state index is 13.7. The Morgan fingerprint density at radius 3 is 1.64 bits per heavy atom. The summed E-state index contributed by atoms with van der Waals surface area (Å²) in [5.74, 6) is -0.932. The molecule has 1 unspecified atom stereocenters. The molecule has 2 aromatic rings. The zero-order valence-corrected chi connectivity index (χ0v) is 43.9. The molecular weight excluding hydrogens is 936 g/mol. The van der Waals surface area contributed by atoms with Gasteiger partial charge in [-0.25, -0.2) is 4.79 Å². The average molecular weight is 1020 g/mol. The molecule has 0 fully saturated rings. The quantitative estimate of drug-likeness (QED) is 0.0246. The minimum atomic E-state index is -2.65. The molecule has 2 amide bonds. The minimum Gasteiger partial charge on any atom is -0.462 e. The first-order valence-corrected chi connectivity index (χ1v) is 28.4. The van der Waals surface area contributed by atoms with Crippen molar-refractivity contribution in [1.29, 1.82) is 0 Å². The molecule has 1 aliphatic carbocycles. The van der Waals surface area contributed by atoms with Gasteiger partial charge < -0.3 is 39.1 Å². The highest BCUT2D eigenvalue weighted by molar-refractivity contribution is 7.99. The normalized spacial score (nSPS) is 13.0. The number of ether oxygens (including phenoxy) is 6. The van der Waals surface area contributed by atoms with Crippen LogP contribution in [0.15, 0.2) is 48.5 Å². The fourth-order valence-electron chi connectivity index (χ4n) is 8.15. The van der Waals surface area contributed by atoms with E-state index in [0.717, 1.165) is 67.2 Å². The summed E-state index contributed by atoms with van der Waals surface area (Å²) in [6, 6.07) is 15.1. The van der Waals surface area contributed by atoms with Gasteiger partial charge in [0.05, 0.1) is 39.6 Å². The summed E-state index contributed by atoms with van der Waals surface area (Å²) in [6.07, 6.45) is 19.4. The SMILES string of the molecule is CCCCCCCCCCCC(=O)OC[C@H](CSC[C@H](NC(=O)OCC1c2ccccc2-c2ccccc21)C(=O)NCCOCCOCCOCCO[P+](=O)O)OC(=O)CCCCCCCCCCC. The Balaban J connectivity index is 1.54. The van der Waals surface area contributed by atoms with Crippen molar-refractivity contribution in [2.24, 2.45) is 0 Å². The lowest BCUT2D eigenvalue weighted by molar-refractivity contribution is -0.157. The van der Waals surface area contributed by atoms with Gasteiger partial charge in [0.2, 0.25) is 5.91 Å². The topological polar surface area (TPSA) is 194 Å². The van der Waals surface area contributed by atoms with Gasteiger partial charge in [0.25, 0.3) is 0 Å². The van der Waals surface area contributed by atoms with E-state index in [-0.39, 0.29) is 88.6 Å². The molecule has 3 N–H and O–H groups in total. The molecule has 0 saturated carbocycles. The van der Waals surface area contributed by atoms with Crippen molar-refractivity contribution in [2.75, 3.05) is 77.5 Å². The van der Waals surface area contributed by atoms with Crippen LogP contribution in [-0.2, 0) is 51.9 Å². The Labute approximate surface area is 423 Å². The lowest BCUT2D eigenvalue weighted by Crippen LogP contribution is -2.49. The second kappa shape index (κ2) is 39.9. The third-order valence-corrected chi connectivity index (χ3v) is 13.5. The molecule has 0 heterocycles. The Kier molecular flexibility index (Phi) is 34.6. The van der Waals surface area contributed by atoms with Gasteiger partial charge in [-0.2, -0.15) is 11.8 Å². The van der Waals surface area contributed by atoms with Crippen LogP contribution in [0.4, 0.5) is 4.79 Å². The maximum Gasteiger partial charge on any atom is 0.694 e. The molecule has 17 heteroatoms. The monoisotopic (exact) mass is 1020 g/mol. The van der Waals surface area contributed by atoms with Gasteiger partial charge in [-0.15, -0.1) is 9.42 Å². The average Bonchev–Trinajstić information content (AvgIpc) is 3.68. The molecule has 70 heavy (non-hydrogen) atoms. The van der Waals surface area contributed by atoms with Crippen molar-refractivity contribution in [3.8, 4) is 11.1 Å². The van der Waals surface area contributed by atoms with E-state index < -0.39 is 32.4 Å². The van der Waals surface area contributed by atoms with Crippen molar-refractivity contribution in [3.63, 3.8) is 0 Å². The van der Waals surface area contributed by atoms with Crippen molar-refractivity contribution < 1.29 is 61.6 Å². The highest BCUT2D eigenvalue weighted by Crippen LogP contribution is 2.44. The number of alkyl carbamates (subject to hydrolysis) is 1. The van der Waals surface area contributed by atoms with E-state index in [1.165, 1.54) is 82.4 Å². The Morgan fingerprint density at radius 2 is 1.10 bits per heavy atom. The van der Waals surface area contributed by atoms with Crippen LogP contribution >= 0.6 is 20.0 Å². The Bertz CT molecular complexity index is 1710. The minimum absolute atomic E-state index is 0.00728. The number of carbonyl (C=O) groups excluding carboxylic acids is 4. The predicted molar refractivity (Wildman–Crippen MR) is 275 cm³/mol. The van der Waals surface area contributed by atoms with Crippen molar-refractivity contribution in [2.45, 2.75) is 160 Å². The highest BCUT2D eigenvalue weighted by atomic mass is 32.2. The summed E-state index contributed by atoms with van der Waals surface area (Å²) >= 11 is 1.31. The molecule has 15 nitrogen and oxygen atoms in total. The number of carbonyl (C=O) groups is 4. The number of nitrogens with one attached hydrogen (secondary N) is 2. The van der Waals surface area contributed by atoms with Crippen LogP contribution in [0, 0.1) is 0 Å². The van der Waals surface area contributed by atoms with Crippen molar-refractivity contribution in [1.82, 2.24) is 10.6 Å². The number of rotatable bonds is 44. The van der Waals surface area contributed by atoms with E-state index in [0.29, 0.717) is 19.6 Å². The number of fused-ring (bicyclic) bond motifs is 3. The third kappa shape index (κ3) is 27.8. The first-order valence-electron chi connectivity index (χ1n) is 26.1. The van der Waals surface area contributed by atoms with Crippen molar-refractivity contribution in [3.05, 3.63) is 59.7 Å². The molecule has 0 aromatic heterocycles. The fourth-order valence-corrected chi connectivity index (χ4v) is 9.41. The van der Waals surface area contributed by atoms with Crippen LogP contribution in [0.1, 0.15) is 159 Å². The van der Waals surface area contributed by atoms with Crippen LogP contribution in [0.5, 0.6) is 0 Å². The number of esters is 2. The van der Waals surface area contributed by atoms with Gasteiger partial charge in [0.15, 0.2) is 0 Å². The van der Waals surface area contributed by atoms with E-state index >= 15 is 0 Å². The van der Waals surface area contributed by atoms with Crippen LogP contribution in [0.3, 0.4) is 0 Å². The highest BCUT2D eigenvalue weighted by Gasteiger charge is 2.30. The summed E-state index contributed by atoms with van der Waals surface area (Å²) < 4.78 is 48.8. The maximum absolute atomic E-state index is 13.7. The van der Waals surface area contributed by atoms with Crippen LogP contribution in [0.25, 0.3) is 11.1 Å². The predicted octanol–water partition coefficient (Wildman–Crippen LogP) is 10.8. The molecule has 394 valence electrons. The van der Waals surface area contributed by atoms with Gasteiger partial charge >= 0.3 is 26.3 Å². The van der Waals surface area contributed by atoms with Gasteiger partial charge in [0, 0.05) is 41.4 Å². The summed E-state index contributed by atoms with van der Waals surface area (Å²) in [4.78, 5) is 61.7. The van der Waals surface area contributed by atoms with E-state index in [1.54, 1.807) is 0 Å². The second-order valence-electron chi connectivity index (χ2n) is 17.7. The summed E-state index contributed by atoms with van der Waals surface area (Å²) in [5, 5.41) is 5.61. The molecule has 0 spiro atoms. The van der Waals surface area contributed by atoms with E-state index in [1.807, 2.05) is 36.4 Å². The molecule has 3 atom stereocenters. The first kappa shape index (κ1) is 60.7. The number of hydrogen-bond donors (Lipinski definition) is 3. The molecule has 0 saturated heterocycles.